The van der Waals surface area contributed by atoms with E-state index >= 15 is 0 Å². The van der Waals surface area contributed by atoms with Gasteiger partial charge in [0.05, 0.1) is 18.8 Å². The van der Waals surface area contributed by atoms with Gasteiger partial charge in [-0.25, -0.2) is 0 Å². The highest BCUT2D eigenvalue weighted by molar-refractivity contribution is 5.76. The van der Waals surface area contributed by atoms with Crippen LogP contribution in [-0.4, -0.2) is 34.9 Å². The molecule has 0 heterocycles. The van der Waals surface area contributed by atoms with Crippen LogP contribution in [0.1, 0.15) is 296 Å². The minimum atomic E-state index is -0.870. The molecule has 2 atom stereocenters. The Morgan fingerprint density at radius 3 is 0.935 bits per heavy atom. The van der Waals surface area contributed by atoms with Gasteiger partial charge in [0.2, 0.25) is 5.91 Å². The zero-order valence-corrected chi connectivity index (χ0v) is 41.9. The molecule has 0 bridgehead atoms. The van der Waals surface area contributed by atoms with Crippen LogP contribution in [0.4, 0.5) is 0 Å². The summed E-state index contributed by atoms with van der Waals surface area (Å²) in [6.45, 7) is 4.31. The second-order valence-electron chi connectivity index (χ2n) is 19.0. The van der Waals surface area contributed by atoms with Gasteiger partial charge in [0.1, 0.15) is 0 Å². The fourth-order valence-corrected chi connectivity index (χ4v) is 8.50. The Morgan fingerprint density at radius 1 is 0.371 bits per heavy atom. The maximum atomic E-state index is 12.5. The van der Waals surface area contributed by atoms with Gasteiger partial charge in [0.15, 0.2) is 0 Å². The summed E-state index contributed by atoms with van der Waals surface area (Å²) >= 11 is 0. The third-order valence-corrected chi connectivity index (χ3v) is 12.8. The van der Waals surface area contributed by atoms with Crippen molar-refractivity contribution in [3.05, 3.63) is 48.6 Å². The Hall–Kier alpha value is -1.65. The first-order chi connectivity index (χ1) is 30.7. The van der Waals surface area contributed by atoms with Crippen molar-refractivity contribution in [3.63, 3.8) is 0 Å². The maximum Gasteiger partial charge on any atom is 0.220 e. The largest absolute Gasteiger partial charge is 0.394 e. The molecule has 0 aromatic carbocycles. The van der Waals surface area contributed by atoms with E-state index < -0.39 is 12.1 Å². The van der Waals surface area contributed by atoms with Gasteiger partial charge in [-0.2, -0.15) is 0 Å². The summed E-state index contributed by atoms with van der Waals surface area (Å²) in [4.78, 5) is 12.5. The Balaban J connectivity index is 3.51. The molecular weight excluding hydrogens is 759 g/mol. The summed E-state index contributed by atoms with van der Waals surface area (Å²) in [5.74, 6) is -0.0748. The van der Waals surface area contributed by atoms with Crippen LogP contribution in [0.3, 0.4) is 0 Å². The first-order valence-corrected chi connectivity index (χ1v) is 27.9. The minimum Gasteiger partial charge on any atom is -0.394 e. The standard InChI is InChI=1S/C58H109NO3/c1-3-5-7-9-11-13-15-17-19-21-23-24-25-26-27-28-29-30-31-32-33-34-36-38-40-42-44-46-48-50-52-54-58(62)59-56(55-60)57(61)53-51-49-47-45-43-41-39-37-35-22-20-18-16-14-12-10-8-6-4-2/h26-27,35,37,43,45,51,53,56-57,60-61H,3-25,28-34,36,38-42,44,46-50,52,54-55H2,1-2H3,(H,59,62)/b27-26-,37-35+,45-43+,53-51+. The lowest BCUT2D eigenvalue weighted by Gasteiger charge is -2.19. The summed E-state index contributed by atoms with van der Waals surface area (Å²) < 4.78 is 0. The molecule has 0 aliphatic carbocycles. The molecule has 0 aromatic heterocycles. The van der Waals surface area contributed by atoms with Crippen molar-refractivity contribution in [2.24, 2.45) is 0 Å². The molecule has 0 rings (SSSR count). The maximum absolute atomic E-state index is 12.5. The molecule has 0 aliphatic rings. The Morgan fingerprint density at radius 2 is 0.629 bits per heavy atom. The summed E-state index contributed by atoms with van der Waals surface area (Å²) in [7, 11) is 0. The first kappa shape index (κ1) is 60.4. The smallest absolute Gasteiger partial charge is 0.220 e. The van der Waals surface area contributed by atoms with Gasteiger partial charge < -0.3 is 15.5 Å². The third kappa shape index (κ3) is 49.4. The van der Waals surface area contributed by atoms with Crippen LogP contribution in [-0.2, 0) is 4.79 Å². The number of amides is 1. The third-order valence-electron chi connectivity index (χ3n) is 12.8. The van der Waals surface area contributed by atoms with Crippen LogP contribution in [0.15, 0.2) is 48.6 Å². The zero-order chi connectivity index (χ0) is 44.9. The number of carbonyl (C=O) groups is 1. The lowest BCUT2D eigenvalue weighted by Crippen LogP contribution is -2.45. The average molecular weight is 869 g/mol. The van der Waals surface area contributed by atoms with Crippen molar-refractivity contribution in [2.75, 3.05) is 6.61 Å². The van der Waals surface area contributed by atoms with Crippen LogP contribution in [0, 0.1) is 0 Å². The molecule has 364 valence electrons. The molecule has 0 fully saturated rings. The second kappa shape index (κ2) is 53.7. The summed E-state index contributed by atoms with van der Waals surface area (Å²) in [6, 6.07) is -0.646. The number of aliphatic hydroxyl groups excluding tert-OH is 2. The van der Waals surface area contributed by atoms with E-state index in [4.69, 9.17) is 0 Å². The van der Waals surface area contributed by atoms with Crippen molar-refractivity contribution in [1.82, 2.24) is 5.32 Å². The summed E-state index contributed by atoms with van der Waals surface area (Å²) in [6.07, 6.45) is 74.2. The lowest BCUT2D eigenvalue weighted by atomic mass is 10.0. The number of aliphatic hydroxyl groups is 2. The molecule has 62 heavy (non-hydrogen) atoms. The van der Waals surface area contributed by atoms with Gasteiger partial charge >= 0.3 is 0 Å². The summed E-state index contributed by atoms with van der Waals surface area (Å²) in [5.41, 5.74) is 0. The van der Waals surface area contributed by atoms with E-state index in [1.165, 1.54) is 238 Å². The van der Waals surface area contributed by atoms with Crippen LogP contribution in [0.5, 0.6) is 0 Å². The van der Waals surface area contributed by atoms with E-state index in [0.29, 0.717) is 6.42 Å². The Labute approximate surface area is 388 Å². The minimum absolute atomic E-state index is 0.0748. The molecule has 2 unspecified atom stereocenters. The highest BCUT2D eigenvalue weighted by Gasteiger charge is 2.18. The van der Waals surface area contributed by atoms with E-state index in [9.17, 15) is 15.0 Å². The van der Waals surface area contributed by atoms with Crippen molar-refractivity contribution in [3.8, 4) is 0 Å². The molecule has 0 radical (unpaired) electrons. The number of hydrogen-bond acceptors (Lipinski definition) is 3. The average Bonchev–Trinajstić information content (AvgIpc) is 3.28. The molecule has 4 heteroatoms. The first-order valence-electron chi connectivity index (χ1n) is 27.9. The van der Waals surface area contributed by atoms with Crippen LogP contribution in [0.2, 0.25) is 0 Å². The number of hydrogen-bond donors (Lipinski definition) is 3. The van der Waals surface area contributed by atoms with E-state index in [-0.39, 0.29) is 12.5 Å². The monoisotopic (exact) mass is 868 g/mol. The van der Waals surface area contributed by atoms with Gasteiger partial charge in [-0.3, -0.25) is 4.79 Å². The Bertz CT molecular complexity index is 985. The van der Waals surface area contributed by atoms with Crippen LogP contribution in [0.25, 0.3) is 0 Å². The zero-order valence-electron chi connectivity index (χ0n) is 41.9. The number of rotatable bonds is 51. The van der Waals surface area contributed by atoms with Gasteiger partial charge in [0.25, 0.3) is 0 Å². The molecular formula is C58H109NO3. The molecule has 0 saturated carbocycles. The molecule has 0 saturated heterocycles. The number of unbranched alkanes of at least 4 members (excludes halogenated alkanes) is 38. The predicted octanol–water partition coefficient (Wildman–Crippen LogP) is 18.3. The number of allylic oxidation sites excluding steroid dienone is 7. The molecule has 1 amide bonds. The molecule has 3 N–H and O–H groups in total. The SMILES string of the molecule is CCCCCCCCCCC/C=C/CC/C=C/CC/C=C/C(O)C(CO)NC(=O)CCCCCCCCCCCCCCCCC/C=C\CCCCCCCCCCCCCC. The van der Waals surface area contributed by atoms with Crippen LogP contribution >= 0.6 is 0 Å². The number of nitrogens with one attached hydrogen (secondary N) is 1. The van der Waals surface area contributed by atoms with Crippen molar-refractivity contribution in [2.45, 2.75) is 309 Å². The van der Waals surface area contributed by atoms with Gasteiger partial charge in [0, 0.05) is 6.42 Å². The summed E-state index contributed by atoms with van der Waals surface area (Å²) in [5, 5.41) is 23.1. The fourth-order valence-electron chi connectivity index (χ4n) is 8.50. The van der Waals surface area contributed by atoms with E-state index in [1.807, 2.05) is 6.08 Å². The van der Waals surface area contributed by atoms with E-state index in [1.54, 1.807) is 6.08 Å². The fraction of sp³-hybridized carbons (Fsp3) is 0.845. The van der Waals surface area contributed by atoms with Gasteiger partial charge in [-0.1, -0.05) is 268 Å². The Kier molecular flexibility index (Phi) is 52.3. The van der Waals surface area contributed by atoms with E-state index in [0.717, 1.165) is 38.5 Å². The molecule has 0 aliphatic heterocycles. The van der Waals surface area contributed by atoms with Gasteiger partial charge in [-0.05, 0) is 70.6 Å². The van der Waals surface area contributed by atoms with Crippen molar-refractivity contribution >= 4 is 5.91 Å². The normalized spacial score (nSPS) is 13.2. The van der Waals surface area contributed by atoms with Crippen molar-refractivity contribution < 1.29 is 15.0 Å². The lowest BCUT2D eigenvalue weighted by molar-refractivity contribution is -0.123. The van der Waals surface area contributed by atoms with Gasteiger partial charge in [-0.15, -0.1) is 0 Å². The highest BCUT2D eigenvalue weighted by atomic mass is 16.3. The molecule has 0 spiro atoms. The molecule has 0 aromatic rings. The van der Waals surface area contributed by atoms with Crippen molar-refractivity contribution in [1.29, 1.82) is 0 Å². The van der Waals surface area contributed by atoms with E-state index in [2.05, 4.69) is 55.6 Å². The van der Waals surface area contributed by atoms with Crippen LogP contribution < -0.4 is 5.32 Å². The topological polar surface area (TPSA) is 69.6 Å². The number of carbonyl (C=O) groups excluding carboxylic acids is 1. The molecule has 4 nitrogen and oxygen atoms in total. The highest BCUT2D eigenvalue weighted by Crippen LogP contribution is 2.16. The quantitative estimate of drug-likeness (QED) is 0.0421. The second-order valence-corrected chi connectivity index (χ2v) is 19.0. The predicted molar refractivity (Wildman–Crippen MR) is 276 cm³/mol.